The van der Waals surface area contributed by atoms with E-state index in [4.69, 9.17) is 4.74 Å². The van der Waals surface area contributed by atoms with Gasteiger partial charge in [0.15, 0.2) is 11.8 Å². The summed E-state index contributed by atoms with van der Waals surface area (Å²) in [6, 6.07) is 10.0. The first-order chi connectivity index (χ1) is 11.9. The summed E-state index contributed by atoms with van der Waals surface area (Å²) in [5.41, 5.74) is 1.03. The molecule has 2 aromatic rings. The van der Waals surface area contributed by atoms with E-state index in [0.717, 1.165) is 50.0 Å². The van der Waals surface area contributed by atoms with Crippen molar-refractivity contribution < 1.29 is 4.74 Å². The molecule has 1 atom stereocenters. The molecule has 24 heavy (non-hydrogen) atoms. The van der Waals surface area contributed by atoms with Gasteiger partial charge in [-0.25, -0.2) is 4.99 Å². The summed E-state index contributed by atoms with van der Waals surface area (Å²) >= 11 is 0. The maximum atomic E-state index is 5.64. The number of ether oxygens (including phenoxy) is 1. The number of aliphatic imine (C=N–C) groups is 1. The number of para-hydroxylation sites is 1. The van der Waals surface area contributed by atoms with Crippen LogP contribution in [0.15, 0.2) is 41.7 Å². The van der Waals surface area contributed by atoms with Crippen molar-refractivity contribution in [2.75, 3.05) is 19.7 Å². The van der Waals surface area contributed by atoms with E-state index in [9.17, 15) is 0 Å². The molecule has 2 N–H and O–H groups in total. The minimum Gasteiger partial charge on any atom is -0.376 e. The number of hydrogen-bond donors (Lipinski definition) is 2. The Bertz CT molecular complexity index is 648. The van der Waals surface area contributed by atoms with Gasteiger partial charge in [0.25, 0.3) is 0 Å². The van der Waals surface area contributed by atoms with Gasteiger partial charge in [0, 0.05) is 25.4 Å². The first-order valence-corrected chi connectivity index (χ1v) is 8.45. The zero-order valence-corrected chi connectivity index (χ0v) is 14.0. The highest BCUT2D eigenvalue weighted by Crippen LogP contribution is 2.11. The summed E-state index contributed by atoms with van der Waals surface area (Å²) in [6.07, 6.45) is 4.24. The first-order valence-electron chi connectivity index (χ1n) is 8.45. The molecule has 1 saturated heterocycles. The van der Waals surface area contributed by atoms with Crippen molar-refractivity contribution in [1.29, 1.82) is 0 Å². The van der Waals surface area contributed by atoms with Crippen LogP contribution in [0.1, 0.15) is 25.6 Å². The minimum absolute atomic E-state index is 0.279. The molecule has 1 aliphatic heterocycles. The largest absolute Gasteiger partial charge is 0.376 e. The van der Waals surface area contributed by atoms with E-state index in [1.807, 2.05) is 34.9 Å². The van der Waals surface area contributed by atoms with E-state index in [-0.39, 0.29) is 6.10 Å². The number of nitrogens with zero attached hydrogens (tertiary/aromatic N) is 4. The minimum atomic E-state index is 0.279. The van der Waals surface area contributed by atoms with Crippen molar-refractivity contribution in [3.8, 4) is 5.69 Å². The molecule has 1 aromatic carbocycles. The molecule has 0 bridgehead atoms. The SMILES string of the molecule is CCNC(=NCc1nncn1-c1ccccc1)NCC1CCCO1. The van der Waals surface area contributed by atoms with Gasteiger partial charge in [-0.05, 0) is 31.9 Å². The van der Waals surface area contributed by atoms with E-state index in [1.54, 1.807) is 6.33 Å². The highest BCUT2D eigenvalue weighted by Gasteiger charge is 2.15. The monoisotopic (exact) mass is 328 g/mol. The smallest absolute Gasteiger partial charge is 0.191 e. The molecule has 1 unspecified atom stereocenters. The Kier molecular flexibility index (Phi) is 5.79. The normalized spacial score (nSPS) is 17.9. The second-order valence-electron chi connectivity index (χ2n) is 5.66. The third-order valence-electron chi connectivity index (χ3n) is 3.90. The van der Waals surface area contributed by atoms with E-state index in [2.05, 4.69) is 32.7 Å². The zero-order valence-electron chi connectivity index (χ0n) is 14.0. The van der Waals surface area contributed by atoms with E-state index in [0.29, 0.717) is 6.54 Å². The molecule has 7 heteroatoms. The number of aromatic nitrogens is 3. The lowest BCUT2D eigenvalue weighted by atomic mass is 10.2. The first kappa shape index (κ1) is 16.4. The highest BCUT2D eigenvalue weighted by molar-refractivity contribution is 5.79. The molecule has 7 nitrogen and oxygen atoms in total. The quantitative estimate of drug-likeness (QED) is 0.621. The second kappa shape index (κ2) is 8.44. The van der Waals surface area contributed by atoms with Gasteiger partial charge < -0.3 is 15.4 Å². The third kappa shape index (κ3) is 4.32. The van der Waals surface area contributed by atoms with Crippen LogP contribution in [0.4, 0.5) is 0 Å². The van der Waals surface area contributed by atoms with Gasteiger partial charge in [-0.3, -0.25) is 4.57 Å². The molecule has 3 rings (SSSR count). The van der Waals surface area contributed by atoms with Crippen LogP contribution in [0.2, 0.25) is 0 Å². The molecule has 0 spiro atoms. The highest BCUT2D eigenvalue weighted by atomic mass is 16.5. The van der Waals surface area contributed by atoms with Gasteiger partial charge in [-0.15, -0.1) is 10.2 Å². The van der Waals surface area contributed by atoms with Crippen LogP contribution >= 0.6 is 0 Å². The molecule has 0 saturated carbocycles. The Morgan fingerprint density at radius 2 is 2.21 bits per heavy atom. The fourth-order valence-corrected chi connectivity index (χ4v) is 2.68. The standard InChI is InChI=1S/C17H24N6O/c1-2-18-17(19-11-15-9-6-10-24-15)20-12-16-22-21-13-23(16)14-7-4-3-5-8-14/h3-5,7-8,13,15H,2,6,9-12H2,1H3,(H2,18,19,20). The summed E-state index contributed by atoms with van der Waals surface area (Å²) in [4.78, 5) is 4.62. The van der Waals surface area contributed by atoms with Crippen molar-refractivity contribution in [2.24, 2.45) is 4.99 Å². The third-order valence-corrected chi connectivity index (χ3v) is 3.90. The topological polar surface area (TPSA) is 76.4 Å². The van der Waals surface area contributed by atoms with Crippen molar-refractivity contribution in [1.82, 2.24) is 25.4 Å². The number of guanidine groups is 1. The number of benzene rings is 1. The van der Waals surface area contributed by atoms with E-state index >= 15 is 0 Å². The maximum absolute atomic E-state index is 5.64. The lowest BCUT2D eigenvalue weighted by Crippen LogP contribution is -2.41. The molecule has 1 aliphatic rings. The second-order valence-corrected chi connectivity index (χ2v) is 5.66. The van der Waals surface area contributed by atoms with Crippen LogP contribution < -0.4 is 10.6 Å². The van der Waals surface area contributed by atoms with Crippen molar-refractivity contribution in [2.45, 2.75) is 32.4 Å². The van der Waals surface area contributed by atoms with Gasteiger partial charge in [0.2, 0.25) is 0 Å². The molecule has 128 valence electrons. The van der Waals surface area contributed by atoms with Gasteiger partial charge >= 0.3 is 0 Å². The molecular formula is C17H24N6O. The van der Waals surface area contributed by atoms with E-state index in [1.165, 1.54) is 0 Å². The van der Waals surface area contributed by atoms with Crippen LogP contribution in [-0.2, 0) is 11.3 Å². The Morgan fingerprint density at radius 3 is 2.96 bits per heavy atom. The van der Waals surface area contributed by atoms with Crippen LogP contribution in [0.25, 0.3) is 5.69 Å². The molecule has 1 fully saturated rings. The summed E-state index contributed by atoms with van der Waals surface area (Å²) < 4.78 is 7.59. The lowest BCUT2D eigenvalue weighted by molar-refractivity contribution is 0.114. The van der Waals surface area contributed by atoms with Crippen molar-refractivity contribution >= 4 is 5.96 Å². The fourth-order valence-electron chi connectivity index (χ4n) is 2.68. The number of nitrogens with one attached hydrogen (secondary N) is 2. The van der Waals surface area contributed by atoms with Crippen LogP contribution in [0, 0.1) is 0 Å². The van der Waals surface area contributed by atoms with Gasteiger partial charge in [-0.2, -0.15) is 0 Å². The predicted molar refractivity (Wildman–Crippen MR) is 93.2 cm³/mol. The molecular weight excluding hydrogens is 304 g/mol. The fraction of sp³-hybridized carbons (Fsp3) is 0.471. The Morgan fingerprint density at radius 1 is 1.33 bits per heavy atom. The molecule has 2 heterocycles. The van der Waals surface area contributed by atoms with Gasteiger partial charge in [0.1, 0.15) is 12.9 Å². The molecule has 0 amide bonds. The van der Waals surface area contributed by atoms with Crippen molar-refractivity contribution in [3.63, 3.8) is 0 Å². The summed E-state index contributed by atoms with van der Waals surface area (Å²) in [5, 5.41) is 14.8. The Balaban J connectivity index is 1.64. The molecule has 0 radical (unpaired) electrons. The summed E-state index contributed by atoms with van der Waals surface area (Å²) in [7, 11) is 0. The Hall–Kier alpha value is -2.41. The average molecular weight is 328 g/mol. The zero-order chi connectivity index (χ0) is 16.6. The number of hydrogen-bond acceptors (Lipinski definition) is 4. The maximum Gasteiger partial charge on any atom is 0.191 e. The predicted octanol–water partition coefficient (Wildman–Crippen LogP) is 1.50. The lowest BCUT2D eigenvalue weighted by Gasteiger charge is -2.14. The summed E-state index contributed by atoms with van der Waals surface area (Å²) in [5.74, 6) is 1.58. The molecule has 0 aliphatic carbocycles. The van der Waals surface area contributed by atoms with Gasteiger partial charge in [0.05, 0.1) is 6.10 Å². The summed E-state index contributed by atoms with van der Waals surface area (Å²) in [6.45, 7) is 4.95. The van der Waals surface area contributed by atoms with E-state index < -0.39 is 0 Å². The van der Waals surface area contributed by atoms with Crippen molar-refractivity contribution in [3.05, 3.63) is 42.5 Å². The number of rotatable bonds is 6. The van der Waals surface area contributed by atoms with Crippen LogP contribution in [0.3, 0.4) is 0 Å². The average Bonchev–Trinajstić information content (AvgIpc) is 3.29. The van der Waals surface area contributed by atoms with Crippen LogP contribution in [0.5, 0.6) is 0 Å². The van der Waals surface area contributed by atoms with Gasteiger partial charge in [-0.1, -0.05) is 18.2 Å². The molecule has 1 aromatic heterocycles. The Labute approximate surface area is 142 Å². The van der Waals surface area contributed by atoms with Crippen LogP contribution in [-0.4, -0.2) is 46.5 Å².